The van der Waals surface area contributed by atoms with Crippen LogP contribution in [-0.4, -0.2) is 18.3 Å². The molecular weight excluding hydrogens is 216 g/mol. The zero-order valence-corrected chi connectivity index (χ0v) is 10.1. The van der Waals surface area contributed by atoms with Gasteiger partial charge in [-0.15, -0.1) is 12.3 Å². The molecule has 92 valence electrons. The van der Waals surface area contributed by atoms with Gasteiger partial charge in [0.25, 0.3) is 0 Å². The van der Waals surface area contributed by atoms with E-state index in [-0.39, 0.29) is 6.61 Å². The van der Waals surface area contributed by atoms with E-state index in [1.165, 1.54) is 0 Å². The zero-order valence-electron chi connectivity index (χ0n) is 10.1. The average molecular weight is 234 g/mol. The van der Waals surface area contributed by atoms with Crippen LogP contribution >= 0.6 is 0 Å². The van der Waals surface area contributed by atoms with Crippen molar-refractivity contribution in [1.29, 1.82) is 0 Å². The van der Waals surface area contributed by atoms with Crippen molar-refractivity contribution in [3.8, 4) is 23.8 Å². The van der Waals surface area contributed by atoms with E-state index in [4.69, 9.17) is 21.0 Å². The van der Waals surface area contributed by atoms with Gasteiger partial charge in [0, 0.05) is 6.42 Å². The Morgan fingerprint density at radius 2 is 2.12 bits per heavy atom. The Labute approximate surface area is 102 Å². The molecule has 0 unspecified atom stereocenters. The summed E-state index contributed by atoms with van der Waals surface area (Å²) in [7, 11) is 0. The van der Waals surface area contributed by atoms with E-state index in [0.29, 0.717) is 31.1 Å². The SMILES string of the molecule is C#CCCCOc1ccc(CO)cc1OCC. The first-order valence-electron chi connectivity index (χ1n) is 5.74. The van der Waals surface area contributed by atoms with Crippen LogP contribution < -0.4 is 9.47 Å². The fraction of sp³-hybridized carbons (Fsp3) is 0.429. The lowest BCUT2D eigenvalue weighted by atomic mass is 10.2. The molecule has 0 bridgehead atoms. The Hall–Kier alpha value is -1.66. The number of aliphatic hydroxyl groups excluding tert-OH is 1. The van der Waals surface area contributed by atoms with Crippen molar-refractivity contribution < 1.29 is 14.6 Å². The highest BCUT2D eigenvalue weighted by molar-refractivity contribution is 5.42. The van der Waals surface area contributed by atoms with Crippen LogP contribution in [0.15, 0.2) is 18.2 Å². The summed E-state index contributed by atoms with van der Waals surface area (Å²) in [6, 6.07) is 5.42. The summed E-state index contributed by atoms with van der Waals surface area (Å²) < 4.78 is 11.0. The summed E-state index contributed by atoms with van der Waals surface area (Å²) in [6.07, 6.45) is 6.70. The molecule has 17 heavy (non-hydrogen) atoms. The van der Waals surface area contributed by atoms with Crippen LogP contribution in [0.3, 0.4) is 0 Å². The quantitative estimate of drug-likeness (QED) is 0.581. The first-order chi connectivity index (χ1) is 8.31. The van der Waals surface area contributed by atoms with Gasteiger partial charge in [0.15, 0.2) is 11.5 Å². The second-order valence-electron chi connectivity index (χ2n) is 3.53. The van der Waals surface area contributed by atoms with E-state index in [1.54, 1.807) is 6.07 Å². The van der Waals surface area contributed by atoms with Crippen LogP contribution in [0.5, 0.6) is 11.5 Å². The largest absolute Gasteiger partial charge is 0.490 e. The molecule has 0 aliphatic rings. The van der Waals surface area contributed by atoms with Crippen molar-refractivity contribution in [3.05, 3.63) is 23.8 Å². The number of hydrogen-bond donors (Lipinski definition) is 1. The second kappa shape index (κ2) is 7.59. The highest BCUT2D eigenvalue weighted by Gasteiger charge is 2.05. The number of benzene rings is 1. The summed E-state index contributed by atoms with van der Waals surface area (Å²) in [5.74, 6) is 3.93. The fourth-order valence-corrected chi connectivity index (χ4v) is 1.39. The molecule has 1 aromatic rings. The molecule has 0 saturated heterocycles. The third-order valence-corrected chi connectivity index (χ3v) is 2.21. The number of unbranched alkanes of at least 4 members (excludes halogenated alkanes) is 1. The number of ether oxygens (including phenoxy) is 2. The van der Waals surface area contributed by atoms with Crippen LogP contribution in [0.25, 0.3) is 0 Å². The standard InChI is InChI=1S/C14H18O3/c1-3-5-6-9-17-13-8-7-12(11-15)10-14(13)16-4-2/h1,7-8,10,15H,4-6,9,11H2,2H3. The van der Waals surface area contributed by atoms with Gasteiger partial charge in [-0.25, -0.2) is 0 Å². The Bertz CT molecular complexity index is 380. The van der Waals surface area contributed by atoms with Crippen molar-refractivity contribution in [3.63, 3.8) is 0 Å². The Balaban J connectivity index is 2.66. The second-order valence-corrected chi connectivity index (χ2v) is 3.53. The molecular formula is C14H18O3. The number of rotatable bonds is 7. The minimum Gasteiger partial charge on any atom is -0.490 e. The van der Waals surface area contributed by atoms with Crippen molar-refractivity contribution in [2.24, 2.45) is 0 Å². The fourth-order valence-electron chi connectivity index (χ4n) is 1.39. The Morgan fingerprint density at radius 1 is 1.29 bits per heavy atom. The molecule has 1 N–H and O–H groups in total. The normalized spacial score (nSPS) is 9.71. The topological polar surface area (TPSA) is 38.7 Å². The molecule has 0 saturated carbocycles. The first-order valence-corrected chi connectivity index (χ1v) is 5.74. The van der Waals surface area contributed by atoms with E-state index in [9.17, 15) is 0 Å². The number of terminal acetylenes is 1. The maximum atomic E-state index is 9.05. The molecule has 0 spiro atoms. The summed E-state index contributed by atoms with van der Waals surface area (Å²) in [4.78, 5) is 0. The van der Waals surface area contributed by atoms with Crippen molar-refractivity contribution >= 4 is 0 Å². The third kappa shape index (κ3) is 4.38. The van der Waals surface area contributed by atoms with Gasteiger partial charge in [-0.05, 0) is 31.0 Å². The predicted octanol–water partition coefficient (Wildman–Crippen LogP) is 2.37. The Morgan fingerprint density at radius 3 is 2.76 bits per heavy atom. The maximum absolute atomic E-state index is 9.05. The molecule has 0 fully saturated rings. The minimum atomic E-state index is -0.00253. The third-order valence-electron chi connectivity index (χ3n) is 2.21. The lowest BCUT2D eigenvalue weighted by Gasteiger charge is -2.12. The van der Waals surface area contributed by atoms with Crippen LogP contribution in [0.2, 0.25) is 0 Å². The van der Waals surface area contributed by atoms with Gasteiger partial charge >= 0.3 is 0 Å². The van der Waals surface area contributed by atoms with Gasteiger partial charge in [0.05, 0.1) is 19.8 Å². The smallest absolute Gasteiger partial charge is 0.161 e. The zero-order chi connectivity index (χ0) is 12.5. The molecule has 1 aromatic carbocycles. The molecule has 3 heteroatoms. The van der Waals surface area contributed by atoms with E-state index in [2.05, 4.69) is 5.92 Å². The molecule has 0 aliphatic carbocycles. The molecule has 0 radical (unpaired) electrons. The Kier molecular flexibility index (Phi) is 5.98. The maximum Gasteiger partial charge on any atom is 0.161 e. The lowest BCUT2D eigenvalue weighted by molar-refractivity contribution is 0.267. The van der Waals surface area contributed by atoms with E-state index >= 15 is 0 Å². The van der Waals surface area contributed by atoms with Gasteiger partial charge in [0.2, 0.25) is 0 Å². The van der Waals surface area contributed by atoms with E-state index in [0.717, 1.165) is 12.0 Å². The highest BCUT2D eigenvalue weighted by atomic mass is 16.5. The summed E-state index contributed by atoms with van der Waals surface area (Å²) in [5.41, 5.74) is 0.810. The highest BCUT2D eigenvalue weighted by Crippen LogP contribution is 2.28. The van der Waals surface area contributed by atoms with Gasteiger partial charge in [0.1, 0.15) is 0 Å². The van der Waals surface area contributed by atoms with Crippen LogP contribution in [0, 0.1) is 12.3 Å². The minimum absolute atomic E-state index is 0.00253. The van der Waals surface area contributed by atoms with E-state index in [1.807, 2.05) is 19.1 Å². The first kappa shape index (κ1) is 13.4. The summed E-state index contributed by atoms with van der Waals surface area (Å²) in [6.45, 7) is 3.05. The number of hydrogen-bond acceptors (Lipinski definition) is 3. The van der Waals surface area contributed by atoms with Crippen molar-refractivity contribution in [2.45, 2.75) is 26.4 Å². The molecule has 0 amide bonds. The molecule has 0 aromatic heterocycles. The van der Waals surface area contributed by atoms with Gasteiger partial charge in [-0.2, -0.15) is 0 Å². The molecule has 3 nitrogen and oxygen atoms in total. The van der Waals surface area contributed by atoms with Crippen LogP contribution in [0.4, 0.5) is 0 Å². The van der Waals surface area contributed by atoms with Crippen LogP contribution in [-0.2, 0) is 6.61 Å². The van der Waals surface area contributed by atoms with Gasteiger partial charge in [-0.1, -0.05) is 6.07 Å². The van der Waals surface area contributed by atoms with E-state index < -0.39 is 0 Å². The molecule has 0 atom stereocenters. The lowest BCUT2D eigenvalue weighted by Crippen LogP contribution is -2.01. The summed E-state index contributed by atoms with van der Waals surface area (Å²) in [5, 5.41) is 9.05. The number of aliphatic hydroxyl groups is 1. The molecule has 0 aliphatic heterocycles. The van der Waals surface area contributed by atoms with Crippen LogP contribution in [0.1, 0.15) is 25.3 Å². The monoisotopic (exact) mass is 234 g/mol. The van der Waals surface area contributed by atoms with Gasteiger partial charge < -0.3 is 14.6 Å². The average Bonchev–Trinajstić information content (AvgIpc) is 2.36. The van der Waals surface area contributed by atoms with Crippen molar-refractivity contribution in [2.75, 3.05) is 13.2 Å². The molecule has 0 heterocycles. The molecule has 1 rings (SSSR count). The van der Waals surface area contributed by atoms with Gasteiger partial charge in [-0.3, -0.25) is 0 Å². The van der Waals surface area contributed by atoms with Crippen molar-refractivity contribution in [1.82, 2.24) is 0 Å². The predicted molar refractivity (Wildman–Crippen MR) is 67.1 cm³/mol. The summed E-state index contributed by atoms with van der Waals surface area (Å²) >= 11 is 0.